The molecule has 0 bridgehead atoms. The summed E-state index contributed by atoms with van der Waals surface area (Å²) in [6.45, 7) is 7.04. The van der Waals surface area contributed by atoms with Gasteiger partial charge in [-0.3, -0.25) is 4.99 Å². The minimum absolute atomic E-state index is 0.834. The Labute approximate surface area is 66.0 Å². The van der Waals surface area contributed by atoms with Crippen LogP contribution < -0.4 is 0 Å². The van der Waals surface area contributed by atoms with Gasteiger partial charge in [-0.25, -0.2) is 0 Å². The van der Waals surface area contributed by atoms with Gasteiger partial charge in [0.15, 0.2) is 0 Å². The average molecular weight is 146 g/mol. The molecule has 1 aromatic rings. The van der Waals surface area contributed by atoms with Crippen LogP contribution in [0.25, 0.3) is 5.70 Å². The first kappa shape index (κ1) is 7.54. The van der Waals surface area contributed by atoms with E-state index in [1.807, 2.05) is 24.5 Å². The van der Waals surface area contributed by atoms with E-state index in [2.05, 4.69) is 23.3 Å². The number of allylic oxidation sites excluding steroid dienone is 2. The fourth-order valence-electron chi connectivity index (χ4n) is 0.835. The predicted molar refractivity (Wildman–Crippen MR) is 48.5 cm³/mol. The Kier molecular flexibility index (Phi) is 2.44. The van der Waals surface area contributed by atoms with E-state index in [0.717, 1.165) is 11.3 Å². The Balaban J connectivity index is 2.97. The molecule has 0 radical (unpaired) electrons. The smallest absolute Gasteiger partial charge is 0.0709 e. The molecule has 1 aromatic heterocycles. The first-order valence-corrected chi connectivity index (χ1v) is 3.31. The lowest BCUT2D eigenvalue weighted by Gasteiger charge is -1.92. The third-order valence-electron chi connectivity index (χ3n) is 1.34. The predicted octanol–water partition coefficient (Wildman–Crippen LogP) is 2.24. The number of H-pyrrole nitrogens is 1. The molecule has 11 heavy (non-hydrogen) atoms. The quantitative estimate of drug-likeness (QED) is 0.500. The normalized spacial score (nSPS) is 11.1. The Morgan fingerprint density at radius 1 is 1.64 bits per heavy atom. The highest BCUT2D eigenvalue weighted by molar-refractivity contribution is 5.68. The van der Waals surface area contributed by atoms with Crippen molar-refractivity contribution in [2.45, 2.75) is 0 Å². The largest absolute Gasteiger partial charge is 0.367 e. The van der Waals surface area contributed by atoms with Crippen LogP contribution >= 0.6 is 0 Å². The van der Waals surface area contributed by atoms with Gasteiger partial charge >= 0.3 is 0 Å². The van der Waals surface area contributed by atoms with Gasteiger partial charge in [-0.05, 0) is 18.9 Å². The molecule has 0 fully saturated rings. The molecule has 0 spiro atoms. The highest BCUT2D eigenvalue weighted by Gasteiger charge is 1.95. The summed E-state index contributed by atoms with van der Waals surface area (Å²) in [6, 6.07) is 1.93. The van der Waals surface area contributed by atoms with Crippen LogP contribution in [0.2, 0.25) is 0 Å². The lowest BCUT2D eigenvalue weighted by atomic mass is 10.2. The summed E-state index contributed by atoms with van der Waals surface area (Å²) in [5, 5.41) is 0. The molecule has 0 aliphatic carbocycles. The second-order valence-corrected chi connectivity index (χ2v) is 2.05. The van der Waals surface area contributed by atoms with Crippen LogP contribution in [0.3, 0.4) is 0 Å². The summed E-state index contributed by atoms with van der Waals surface area (Å²) in [7, 11) is 0. The lowest BCUT2D eigenvalue weighted by Crippen LogP contribution is -1.73. The Morgan fingerprint density at radius 2 is 2.45 bits per heavy atom. The number of aliphatic imine (C=N–C) groups is 1. The number of nitrogens with one attached hydrogen (secondary N) is 1. The molecule has 0 aromatic carbocycles. The van der Waals surface area contributed by atoms with Crippen molar-refractivity contribution in [1.82, 2.24) is 4.98 Å². The van der Waals surface area contributed by atoms with E-state index in [-0.39, 0.29) is 0 Å². The van der Waals surface area contributed by atoms with E-state index in [0.29, 0.717) is 0 Å². The highest BCUT2D eigenvalue weighted by Crippen LogP contribution is 2.13. The maximum atomic E-state index is 3.84. The van der Waals surface area contributed by atoms with Gasteiger partial charge in [0.25, 0.3) is 0 Å². The molecule has 0 aliphatic rings. The van der Waals surface area contributed by atoms with E-state index in [1.54, 1.807) is 6.08 Å². The first-order valence-electron chi connectivity index (χ1n) is 3.31. The fourth-order valence-corrected chi connectivity index (χ4v) is 0.835. The minimum Gasteiger partial charge on any atom is -0.367 e. The summed E-state index contributed by atoms with van der Waals surface area (Å²) in [4.78, 5) is 6.78. The van der Waals surface area contributed by atoms with Crippen molar-refractivity contribution in [3.8, 4) is 0 Å². The summed E-state index contributed by atoms with van der Waals surface area (Å²) >= 11 is 0. The summed E-state index contributed by atoms with van der Waals surface area (Å²) in [5.41, 5.74) is 1.86. The molecule has 1 heterocycles. The number of nitrogens with zero attached hydrogens (tertiary/aromatic N) is 1. The van der Waals surface area contributed by atoms with Gasteiger partial charge in [0, 0.05) is 18.0 Å². The van der Waals surface area contributed by atoms with Gasteiger partial charge in [0.2, 0.25) is 0 Å². The number of rotatable bonds is 3. The third kappa shape index (κ3) is 1.67. The van der Waals surface area contributed by atoms with Gasteiger partial charge in [-0.15, -0.1) is 0 Å². The van der Waals surface area contributed by atoms with E-state index >= 15 is 0 Å². The van der Waals surface area contributed by atoms with Crippen molar-refractivity contribution in [3.63, 3.8) is 0 Å². The number of aromatic amines is 1. The number of aromatic nitrogens is 1. The standard InChI is InChI=1S/C9H10N2/c1-3-4-9(10-2)8-5-6-11-7-8/h3-7,11H,1-2H2/b9-4-. The van der Waals surface area contributed by atoms with Crippen LogP contribution in [0, 0.1) is 0 Å². The molecule has 0 saturated carbocycles. The molecule has 0 aliphatic heterocycles. The van der Waals surface area contributed by atoms with Gasteiger partial charge < -0.3 is 4.98 Å². The Morgan fingerprint density at radius 3 is 2.91 bits per heavy atom. The first-order chi connectivity index (χ1) is 5.38. The zero-order valence-electron chi connectivity index (χ0n) is 6.25. The fraction of sp³-hybridized carbons (Fsp3) is 0. The minimum atomic E-state index is 0.834. The van der Waals surface area contributed by atoms with E-state index in [4.69, 9.17) is 0 Å². The maximum Gasteiger partial charge on any atom is 0.0709 e. The number of hydrogen-bond acceptors (Lipinski definition) is 1. The highest BCUT2D eigenvalue weighted by atomic mass is 14.7. The van der Waals surface area contributed by atoms with Crippen molar-refractivity contribution in [2.75, 3.05) is 0 Å². The summed E-state index contributed by atoms with van der Waals surface area (Å²) in [6.07, 6.45) is 7.22. The lowest BCUT2D eigenvalue weighted by molar-refractivity contribution is 1.40. The molecule has 0 saturated heterocycles. The van der Waals surface area contributed by atoms with Crippen LogP contribution in [0.5, 0.6) is 0 Å². The maximum absolute atomic E-state index is 3.84. The third-order valence-corrected chi connectivity index (χ3v) is 1.34. The molecule has 0 amide bonds. The van der Waals surface area contributed by atoms with Gasteiger partial charge in [-0.2, -0.15) is 0 Å². The second kappa shape index (κ2) is 3.56. The summed E-state index contributed by atoms with van der Waals surface area (Å²) in [5.74, 6) is 0. The number of hydrogen-bond donors (Lipinski definition) is 1. The van der Waals surface area contributed by atoms with Crippen molar-refractivity contribution in [2.24, 2.45) is 4.99 Å². The van der Waals surface area contributed by atoms with Crippen LogP contribution in [0.1, 0.15) is 5.56 Å². The van der Waals surface area contributed by atoms with Gasteiger partial charge in [0.1, 0.15) is 0 Å². The molecule has 2 heteroatoms. The summed E-state index contributed by atoms with van der Waals surface area (Å²) < 4.78 is 0. The van der Waals surface area contributed by atoms with Crippen LogP contribution in [0.15, 0.2) is 42.2 Å². The topological polar surface area (TPSA) is 28.1 Å². The van der Waals surface area contributed by atoms with Gasteiger partial charge in [0.05, 0.1) is 5.70 Å². The monoisotopic (exact) mass is 146 g/mol. The van der Waals surface area contributed by atoms with E-state index in [9.17, 15) is 0 Å². The zero-order valence-corrected chi connectivity index (χ0v) is 6.25. The molecule has 0 atom stereocenters. The SMILES string of the molecule is C=C/C=C(\N=C)c1cc[nH]c1. The molecular weight excluding hydrogens is 136 g/mol. The molecule has 1 N–H and O–H groups in total. The zero-order chi connectivity index (χ0) is 8.10. The average Bonchev–Trinajstić information content (AvgIpc) is 2.52. The Bertz CT molecular complexity index is 268. The van der Waals surface area contributed by atoms with E-state index in [1.165, 1.54) is 0 Å². The van der Waals surface area contributed by atoms with Crippen LogP contribution in [0.4, 0.5) is 0 Å². The van der Waals surface area contributed by atoms with Gasteiger partial charge in [-0.1, -0.05) is 12.7 Å². The Hall–Kier alpha value is -1.57. The van der Waals surface area contributed by atoms with E-state index < -0.39 is 0 Å². The molecule has 1 rings (SSSR count). The van der Waals surface area contributed by atoms with Crippen molar-refractivity contribution >= 4 is 12.4 Å². The second-order valence-electron chi connectivity index (χ2n) is 2.05. The van der Waals surface area contributed by atoms with Crippen LogP contribution in [-0.4, -0.2) is 11.7 Å². The molecule has 2 nitrogen and oxygen atoms in total. The van der Waals surface area contributed by atoms with Crippen molar-refractivity contribution in [3.05, 3.63) is 42.8 Å². The molecule has 56 valence electrons. The molecular formula is C9H10N2. The van der Waals surface area contributed by atoms with Crippen molar-refractivity contribution in [1.29, 1.82) is 0 Å². The molecule has 0 unspecified atom stereocenters. The van der Waals surface area contributed by atoms with Crippen LogP contribution in [-0.2, 0) is 0 Å². The van der Waals surface area contributed by atoms with Crippen molar-refractivity contribution < 1.29 is 0 Å².